The van der Waals surface area contributed by atoms with Crippen LogP contribution in [0.5, 0.6) is 0 Å². The number of rotatable bonds is 17. The Morgan fingerprint density at radius 3 is 1.64 bits per heavy atom. The summed E-state index contributed by atoms with van der Waals surface area (Å²) in [5.41, 5.74) is 3.00. The van der Waals surface area contributed by atoms with Crippen LogP contribution in [0.1, 0.15) is 16.7 Å². The molecular weight excluding hydrogens is 456 g/mol. The van der Waals surface area contributed by atoms with E-state index < -0.39 is 24.4 Å². The van der Waals surface area contributed by atoms with Gasteiger partial charge in [0.25, 0.3) is 0 Å². The molecule has 36 heavy (non-hydrogen) atoms. The van der Waals surface area contributed by atoms with E-state index in [0.717, 1.165) is 16.7 Å². The molecule has 0 heterocycles. The molecule has 0 aliphatic heterocycles. The van der Waals surface area contributed by atoms with E-state index in [1.54, 1.807) is 13.2 Å². The van der Waals surface area contributed by atoms with Gasteiger partial charge < -0.3 is 28.8 Å². The maximum Gasteiger partial charge on any atom is 0.147 e. The standard InChI is InChI=1S/C30H36O6/c1-3-28(36-23-32-2)30(35-21-26-17-11-6-12-18-26)29(34-20-25-15-9-5-10-16-25)27(31)22-33-19-24-13-7-4-8-14-24/h3-18,27-31H,1,19-23H2,2H3/t27-,28-,29-,30-/m1/s1. The van der Waals surface area contributed by atoms with Gasteiger partial charge >= 0.3 is 0 Å². The van der Waals surface area contributed by atoms with Crippen molar-refractivity contribution < 1.29 is 28.8 Å². The Kier molecular flexibility index (Phi) is 12.3. The van der Waals surface area contributed by atoms with Crippen molar-refractivity contribution in [3.8, 4) is 0 Å². The molecule has 0 aromatic heterocycles. The summed E-state index contributed by atoms with van der Waals surface area (Å²) >= 11 is 0. The van der Waals surface area contributed by atoms with Gasteiger partial charge in [-0.25, -0.2) is 0 Å². The van der Waals surface area contributed by atoms with Gasteiger partial charge in [-0.2, -0.15) is 0 Å². The zero-order chi connectivity index (χ0) is 25.4. The second kappa shape index (κ2) is 16.0. The predicted octanol–water partition coefficient (Wildman–Crippen LogP) is 4.91. The van der Waals surface area contributed by atoms with Gasteiger partial charge in [0, 0.05) is 7.11 Å². The Balaban J connectivity index is 1.77. The van der Waals surface area contributed by atoms with Gasteiger partial charge in [-0.05, 0) is 16.7 Å². The minimum absolute atomic E-state index is 0.0495. The van der Waals surface area contributed by atoms with Gasteiger partial charge in [0.05, 0.1) is 26.4 Å². The zero-order valence-electron chi connectivity index (χ0n) is 20.8. The molecule has 0 aliphatic rings. The van der Waals surface area contributed by atoms with E-state index in [2.05, 4.69) is 6.58 Å². The van der Waals surface area contributed by atoms with Crippen molar-refractivity contribution >= 4 is 0 Å². The topological polar surface area (TPSA) is 66.4 Å². The number of aliphatic hydroxyl groups excluding tert-OH is 1. The third kappa shape index (κ3) is 9.32. The third-order valence-electron chi connectivity index (χ3n) is 5.61. The zero-order valence-corrected chi connectivity index (χ0v) is 20.8. The van der Waals surface area contributed by atoms with Crippen molar-refractivity contribution in [1.82, 2.24) is 0 Å². The van der Waals surface area contributed by atoms with Crippen LogP contribution in [0.3, 0.4) is 0 Å². The van der Waals surface area contributed by atoms with Crippen molar-refractivity contribution in [2.24, 2.45) is 0 Å². The minimum Gasteiger partial charge on any atom is -0.388 e. The molecule has 0 bridgehead atoms. The molecule has 0 saturated heterocycles. The van der Waals surface area contributed by atoms with Crippen LogP contribution < -0.4 is 0 Å². The second-order valence-corrected chi connectivity index (χ2v) is 8.36. The Morgan fingerprint density at radius 1 is 0.694 bits per heavy atom. The van der Waals surface area contributed by atoms with E-state index in [4.69, 9.17) is 23.7 Å². The van der Waals surface area contributed by atoms with Crippen LogP contribution in [0.25, 0.3) is 0 Å². The number of aliphatic hydroxyl groups is 1. The highest BCUT2D eigenvalue weighted by Gasteiger charge is 2.36. The Bertz CT molecular complexity index is 967. The lowest BCUT2D eigenvalue weighted by Crippen LogP contribution is -2.49. The lowest BCUT2D eigenvalue weighted by atomic mass is 10.0. The quantitative estimate of drug-likeness (QED) is 0.213. The van der Waals surface area contributed by atoms with E-state index >= 15 is 0 Å². The highest BCUT2D eigenvalue weighted by atomic mass is 16.7. The van der Waals surface area contributed by atoms with E-state index in [-0.39, 0.29) is 13.4 Å². The molecule has 0 amide bonds. The van der Waals surface area contributed by atoms with Crippen molar-refractivity contribution in [2.75, 3.05) is 20.5 Å². The summed E-state index contributed by atoms with van der Waals surface area (Å²) in [5.74, 6) is 0. The summed E-state index contributed by atoms with van der Waals surface area (Å²) in [7, 11) is 1.55. The molecule has 192 valence electrons. The predicted molar refractivity (Wildman–Crippen MR) is 139 cm³/mol. The Hall–Kier alpha value is -2.84. The third-order valence-corrected chi connectivity index (χ3v) is 5.61. The average Bonchev–Trinajstić information content (AvgIpc) is 2.93. The van der Waals surface area contributed by atoms with Crippen LogP contribution >= 0.6 is 0 Å². The van der Waals surface area contributed by atoms with Crippen LogP contribution in [-0.4, -0.2) is 50.0 Å². The van der Waals surface area contributed by atoms with Gasteiger partial charge in [0.1, 0.15) is 31.2 Å². The number of ether oxygens (including phenoxy) is 5. The Labute approximate surface area is 214 Å². The highest BCUT2D eigenvalue weighted by Crippen LogP contribution is 2.21. The number of methoxy groups -OCH3 is 1. The molecule has 0 unspecified atom stereocenters. The van der Waals surface area contributed by atoms with Crippen molar-refractivity contribution in [1.29, 1.82) is 0 Å². The second-order valence-electron chi connectivity index (χ2n) is 8.36. The maximum absolute atomic E-state index is 11.3. The fourth-order valence-electron chi connectivity index (χ4n) is 3.75. The lowest BCUT2D eigenvalue weighted by molar-refractivity contribution is -0.189. The first-order chi connectivity index (χ1) is 17.7. The molecule has 0 fully saturated rings. The van der Waals surface area contributed by atoms with Gasteiger partial charge in [0.15, 0.2) is 0 Å². The largest absolute Gasteiger partial charge is 0.388 e. The first-order valence-electron chi connectivity index (χ1n) is 12.0. The normalized spacial score (nSPS) is 14.6. The molecule has 3 aromatic carbocycles. The van der Waals surface area contributed by atoms with Crippen LogP contribution in [0.4, 0.5) is 0 Å². The smallest absolute Gasteiger partial charge is 0.147 e. The highest BCUT2D eigenvalue weighted by molar-refractivity contribution is 5.15. The molecule has 6 nitrogen and oxygen atoms in total. The van der Waals surface area contributed by atoms with Crippen LogP contribution in [0, 0.1) is 0 Å². The fraction of sp³-hybridized carbons (Fsp3) is 0.333. The molecule has 0 spiro atoms. The summed E-state index contributed by atoms with van der Waals surface area (Å²) in [6.45, 7) is 5.02. The summed E-state index contributed by atoms with van der Waals surface area (Å²) in [5, 5.41) is 11.3. The summed E-state index contributed by atoms with van der Waals surface area (Å²) < 4.78 is 29.4. The molecule has 1 N–H and O–H groups in total. The molecule has 0 saturated carbocycles. The maximum atomic E-state index is 11.3. The van der Waals surface area contributed by atoms with E-state index in [1.165, 1.54) is 0 Å². The molecule has 4 atom stereocenters. The summed E-state index contributed by atoms with van der Waals surface area (Å²) in [4.78, 5) is 0. The van der Waals surface area contributed by atoms with Gasteiger partial charge in [-0.15, -0.1) is 6.58 Å². The number of hydrogen-bond donors (Lipinski definition) is 1. The first-order valence-corrected chi connectivity index (χ1v) is 12.0. The van der Waals surface area contributed by atoms with E-state index in [1.807, 2.05) is 91.0 Å². The number of hydrogen-bond acceptors (Lipinski definition) is 6. The first kappa shape index (κ1) is 27.7. The van der Waals surface area contributed by atoms with Gasteiger partial charge in [0.2, 0.25) is 0 Å². The van der Waals surface area contributed by atoms with Crippen molar-refractivity contribution in [2.45, 2.75) is 44.2 Å². The summed E-state index contributed by atoms with van der Waals surface area (Å²) in [6.07, 6.45) is -1.35. The summed E-state index contributed by atoms with van der Waals surface area (Å²) in [6, 6.07) is 29.4. The average molecular weight is 493 g/mol. The minimum atomic E-state index is -0.980. The number of benzene rings is 3. The van der Waals surface area contributed by atoms with Crippen LogP contribution in [-0.2, 0) is 43.5 Å². The van der Waals surface area contributed by atoms with E-state index in [0.29, 0.717) is 19.8 Å². The van der Waals surface area contributed by atoms with Gasteiger partial charge in [-0.3, -0.25) is 0 Å². The van der Waals surface area contributed by atoms with Crippen molar-refractivity contribution in [3.63, 3.8) is 0 Å². The molecule has 0 aliphatic carbocycles. The molecular formula is C30H36O6. The SMILES string of the molecule is C=C[C@@H](OCOC)[C@@H](OCc1ccccc1)[C@H](OCc1ccccc1)[C@H](O)COCc1ccccc1. The molecule has 6 heteroatoms. The van der Waals surface area contributed by atoms with Crippen LogP contribution in [0.2, 0.25) is 0 Å². The van der Waals surface area contributed by atoms with Crippen molar-refractivity contribution in [3.05, 3.63) is 120 Å². The van der Waals surface area contributed by atoms with Gasteiger partial charge in [-0.1, -0.05) is 97.1 Å². The monoisotopic (exact) mass is 492 g/mol. The molecule has 0 radical (unpaired) electrons. The lowest BCUT2D eigenvalue weighted by Gasteiger charge is -2.34. The molecule has 3 rings (SSSR count). The van der Waals surface area contributed by atoms with E-state index in [9.17, 15) is 5.11 Å². The van der Waals surface area contributed by atoms with Crippen LogP contribution in [0.15, 0.2) is 104 Å². The Morgan fingerprint density at radius 2 is 1.17 bits per heavy atom. The fourth-order valence-corrected chi connectivity index (χ4v) is 3.75. The molecule has 3 aromatic rings.